The molecule has 1 aliphatic heterocycles. The first-order valence-electron chi connectivity index (χ1n) is 31.7. The third kappa shape index (κ3) is 41.7. The molecule has 0 saturated carbocycles. The summed E-state index contributed by atoms with van der Waals surface area (Å²) in [4.78, 5) is 26.5. The number of aliphatic hydroxyl groups is 5. The molecule has 1 aliphatic rings. The van der Waals surface area contributed by atoms with Crippen LogP contribution in [0.5, 0.6) is 0 Å². The van der Waals surface area contributed by atoms with E-state index in [4.69, 9.17) is 14.2 Å². The Labute approximate surface area is 471 Å². The number of unbranched alkanes of at least 4 members (excludes halogenated alkanes) is 29. The number of esters is 1. The second kappa shape index (κ2) is 53.7. The summed E-state index contributed by atoms with van der Waals surface area (Å²) in [6.07, 6.45) is 57.9. The van der Waals surface area contributed by atoms with Crippen LogP contribution in [-0.4, -0.2) is 99.6 Å². The Morgan fingerprint density at radius 3 is 1.40 bits per heavy atom. The molecule has 1 saturated heterocycles. The number of hydrogen-bond donors (Lipinski definition) is 6. The predicted octanol–water partition coefficient (Wildman–Crippen LogP) is 15.2. The van der Waals surface area contributed by atoms with Crippen molar-refractivity contribution in [2.75, 3.05) is 13.2 Å². The van der Waals surface area contributed by atoms with Gasteiger partial charge in [-0.15, -0.1) is 0 Å². The highest BCUT2D eigenvalue weighted by atomic mass is 16.7. The van der Waals surface area contributed by atoms with Crippen molar-refractivity contribution >= 4 is 11.9 Å². The van der Waals surface area contributed by atoms with Gasteiger partial charge >= 0.3 is 5.97 Å². The summed E-state index contributed by atoms with van der Waals surface area (Å²) in [5, 5.41) is 57.0. The quantitative estimate of drug-likeness (QED) is 0.0195. The van der Waals surface area contributed by atoms with Crippen LogP contribution in [0.25, 0.3) is 0 Å². The highest BCUT2D eigenvalue weighted by Gasteiger charge is 2.47. The molecule has 0 radical (unpaired) electrons. The second-order valence-electron chi connectivity index (χ2n) is 21.8. The lowest BCUT2D eigenvalue weighted by molar-refractivity contribution is -0.305. The third-order valence-electron chi connectivity index (χ3n) is 14.6. The number of aliphatic hydroxyl groups excluding tert-OH is 5. The lowest BCUT2D eigenvalue weighted by Gasteiger charge is -2.41. The molecule has 0 aromatic rings. The summed E-state index contributed by atoms with van der Waals surface area (Å²) in [6.45, 7) is 5.67. The minimum atomic E-state index is -1.62. The fourth-order valence-corrected chi connectivity index (χ4v) is 9.62. The number of hydrogen-bond acceptors (Lipinski definition) is 10. The molecular formula is C66H117NO10. The number of ether oxygens (including phenoxy) is 3. The number of amides is 1. The molecule has 0 aromatic heterocycles. The van der Waals surface area contributed by atoms with Gasteiger partial charge in [-0.1, -0.05) is 267 Å². The zero-order valence-corrected chi connectivity index (χ0v) is 49.3. The summed E-state index contributed by atoms with van der Waals surface area (Å²) in [7, 11) is 0. The van der Waals surface area contributed by atoms with Crippen molar-refractivity contribution < 1.29 is 49.3 Å². The maximum absolute atomic E-state index is 13.4. The third-order valence-corrected chi connectivity index (χ3v) is 14.6. The van der Waals surface area contributed by atoms with Crippen LogP contribution in [-0.2, 0) is 23.8 Å². The van der Waals surface area contributed by atoms with Gasteiger partial charge in [0.2, 0.25) is 5.91 Å². The van der Waals surface area contributed by atoms with Gasteiger partial charge in [0, 0.05) is 6.42 Å². The molecule has 446 valence electrons. The second-order valence-corrected chi connectivity index (χ2v) is 21.8. The number of allylic oxidation sites excluding steroid dienone is 11. The van der Waals surface area contributed by atoms with Gasteiger partial charge in [-0.2, -0.15) is 0 Å². The van der Waals surface area contributed by atoms with Crippen LogP contribution in [0.15, 0.2) is 72.9 Å². The van der Waals surface area contributed by atoms with Crippen molar-refractivity contribution in [3.05, 3.63) is 72.9 Å². The number of rotatable bonds is 53. The molecule has 1 amide bonds. The van der Waals surface area contributed by atoms with E-state index in [-0.39, 0.29) is 19.4 Å². The average Bonchev–Trinajstić information content (AvgIpc) is 3.43. The molecule has 1 fully saturated rings. The van der Waals surface area contributed by atoms with E-state index >= 15 is 0 Å². The van der Waals surface area contributed by atoms with Gasteiger partial charge < -0.3 is 45.1 Å². The molecule has 0 aromatic carbocycles. The lowest BCUT2D eigenvalue weighted by Crippen LogP contribution is -2.61. The maximum atomic E-state index is 13.4. The molecule has 11 heteroatoms. The SMILES string of the molecule is CC/C=C\C/C=C\C/C=C\C/C=C\C/C=C\CCCCCCC(O)C(=O)NC(COC1OC(CO)C(O)C(O)C1OC(=O)CCCCCCCCCCCCCCCCCCC)C(O)/C=C/CCCCCCCCCCC. The van der Waals surface area contributed by atoms with Crippen molar-refractivity contribution in [1.29, 1.82) is 0 Å². The summed E-state index contributed by atoms with van der Waals surface area (Å²) >= 11 is 0. The molecule has 0 spiro atoms. The van der Waals surface area contributed by atoms with E-state index in [1.165, 1.54) is 128 Å². The summed E-state index contributed by atoms with van der Waals surface area (Å²) in [5.74, 6) is -1.21. The van der Waals surface area contributed by atoms with Crippen molar-refractivity contribution in [2.45, 2.75) is 320 Å². The van der Waals surface area contributed by atoms with Gasteiger partial charge in [-0.05, 0) is 70.6 Å². The number of carbonyl (C=O) groups is 2. The van der Waals surface area contributed by atoms with Gasteiger partial charge in [0.1, 0.15) is 24.4 Å². The minimum Gasteiger partial charge on any atom is -0.454 e. The van der Waals surface area contributed by atoms with Gasteiger partial charge in [-0.25, -0.2) is 0 Å². The first kappa shape index (κ1) is 72.1. The van der Waals surface area contributed by atoms with Crippen molar-refractivity contribution in [2.24, 2.45) is 0 Å². The Balaban J connectivity index is 2.67. The Hall–Kier alpha value is -2.90. The molecule has 6 N–H and O–H groups in total. The van der Waals surface area contributed by atoms with Gasteiger partial charge in [0.05, 0.1) is 25.4 Å². The summed E-state index contributed by atoms with van der Waals surface area (Å²) < 4.78 is 17.6. The van der Waals surface area contributed by atoms with Crippen molar-refractivity contribution in [3.8, 4) is 0 Å². The molecule has 8 unspecified atom stereocenters. The van der Waals surface area contributed by atoms with E-state index in [1.54, 1.807) is 6.08 Å². The van der Waals surface area contributed by atoms with Gasteiger partial charge in [-0.3, -0.25) is 9.59 Å². The zero-order valence-electron chi connectivity index (χ0n) is 49.3. The topological polar surface area (TPSA) is 175 Å². The minimum absolute atomic E-state index is 0.122. The number of carbonyl (C=O) groups excluding carboxylic acids is 2. The smallest absolute Gasteiger partial charge is 0.306 e. The van der Waals surface area contributed by atoms with Crippen LogP contribution in [0, 0.1) is 0 Å². The van der Waals surface area contributed by atoms with E-state index in [2.05, 4.69) is 86.8 Å². The molecule has 1 rings (SSSR count). The van der Waals surface area contributed by atoms with Crippen LogP contribution in [0.1, 0.15) is 271 Å². The Bertz CT molecular complexity index is 1530. The summed E-state index contributed by atoms with van der Waals surface area (Å²) in [6, 6.07) is -1.04. The first-order chi connectivity index (χ1) is 37.7. The molecule has 1 heterocycles. The Morgan fingerprint density at radius 1 is 0.519 bits per heavy atom. The van der Waals surface area contributed by atoms with Gasteiger partial charge in [0.25, 0.3) is 0 Å². The predicted molar refractivity (Wildman–Crippen MR) is 319 cm³/mol. The molecule has 0 aliphatic carbocycles. The fourth-order valence-electron chi connectivity index (χ4n) is 9.62. The van der Waals surface area contributed by atoms with Crippen LogP contribution in [0.2, 0.25) is 0 Å². The molecule has 11 nitrogen and oxygen atoms in total. The standard InChI is InChI=1S/C66H117NO10/c1-4-7-10-13-16-19-22-24-26-28-29-30-32-33-35-38-41-44-47-50-53-59(70)65(74)67-57(58(69)52-49-46-43-40-37-21-18-15-12-9-6-3)56-75-66-64(63(73)62(72)60(55-68)76-66)77-61(71)54-51-48-45-42-39-36-34-31-27-25-23-20-17-14-11-8-5-2/h7,10,16,19,24,26,29-30,33,35,49,52,57-60,62-64,66,68-70,72-73H,4-6,8-9,11-15,17-18,20-23,25,27-28,31-32,34,36-48,50-51,53-56H2,1-3H3,(H,67,74)/b10-7-,19-16-,26-24-,30-29-,35-33-,52-49+. The van der Waals surface area contributed by atoms with Crippen LogP contribution >= 0.6 is 0 Å². The first-order valence-corrected chi connectivity index (χ1v) is 31.7. The van der Waals surface area contributed by atoms with Crippen LogP contribution in [0.4, 0.5) is 0 Å². The monoisotopic (exact) mass is 1080 g/mol. The summed E-state index contributed by atoms with van der Waals surface area (Å²) in [5.41, 5.74) is 0. The van der Waals surface area contributed by atoms with E-state index in [0.717, 1.165) is 96.3 Å². The largest absolute Gasteiger partial charge is 0.454 e. The van der Waals surface area contributed by atoms with Crippen LogP contribution in [0.3, 0.4) is 0 Å². The Morgan fingerprint density at radius 2 is 0.935 bits per heavy atom. The normalized spacial score (nSPS) is 19.5. The molecule has 77 heavy (non-hydrogen) atoms. The van der Waals surface area contributed by atoms with E-state index < -0.39 is 67.4 Å². The molecular weight excluding hydrogens is 967 g/mol. The van der Waals surface area contributed by atoms with E-state index in [0.29, 0.717) is 12.8 Å². The van der Waals surface area contributed by atoms with Crippen LogP contribution < -0.4 is 5.32 Å². The van der Waals surface area contributed by atoms with E-state index in [1.807, 2.05) is 6.08 Å². The van der Waals surface area contributed by atoms with Crippen molar-refractivity contribution in [1.82, 2.24) is 5.32 Å². The van der Waals surface area contributed by atoms with E-state index in [9.17, 15) is 35.1 Å². The highest BCUT2D eigenvalue weighted by molar-refractivity contribution is 5.80. The maximum Gasteiger partial charge on any atom is 0.306 e. The number of nitrogens with one attached hydrogen (secondary N) is 1. The highest BCUT2D eigenvalue weighted by Crippen LogP contribution is 2.26. The lowest BCUT2D eigenvalue weighted by atomic mass is 9.99. The zero-order chi connectivity index (χ0) is 56.1. The van der Waals surface area contributed by atoms with Crippen molar-refractivity contribution in [3.63, 3.8) is 0 Å². The Kier molecular flexibility index (Phi) is 50.3. The van der Waals surface area contributed by atoms with Gasteiger partial charge in [0.15, 0.2) is 12.4 Å². The fraction of sp³-hybridized carbons (Fsp3) is 0.788. The molecule has 8 atom stereocenters. The average molecular weight is 1080 g/mol. The molecule has 0 bridgehead atoms.